The number of anilines is 2. The molecule has 0 spiro atoms. The third-order valence-corrected chi connectivity index (χ3v) is 7.07. The van der Waals surface area contributed by atoms with E-state index in [1.807, 2.05) is 6.07 Å². The molecule has 11 heteroatoms. The second-order valence-electron chi connectivity index (χ2n) is 8.51. The fourth-order valence-corrected chi connectivity index (χ4v) is 4.95. The summed E-state index contributed by atoms with van der Waals surface area (Å²) in [6.07, 6.45) is 0. The first-order valence-electron chi connectivity index (χ1n) is 10.6. The average molecular weight is 497 g/mol. The summed E-state index contributed by atoms with van der Waals surface area (Å²) < 4.78 is 53.1. The molecule has 1 aliphatic heterocycles. The van der Waals surface area contributed by atoms with Crippen molar-refractivity contribution in [2.45, 2.75) is 24.3 Å². The van der Waals surface area contributed by atoms with E-state index in [1.54, 1.807) is 44.2 Å². The second-order valence-corrected chi connectivity index (χ2v) is 10.2. The van der Waals surface area contributed by atoms with Crippen molar-refractivity contribution in [3.05, 3.63) is 60.4 Å². The molecular formula is C24H21FN4O5S. The molecule has 1 aromatic heterocycles. The number of nitrogens with zero attached hydrogens (tertiary/aromatic N) is 1. The number of halogens is 1. The van der Waals surface area contributed by atoms with Crippen molar-refractivity contribution < 1.29 is 27.1 Å². The highest BCUT2D eigenvalue weighted by atomic mass is 32.2. The summed E-state index contributed by atoms with van der Waals surface area (Å²) in [7, 11) is -2.81. The van der Waals surface area contributed by atoms with Gasteiger partial charge in [-0.15, -0.1) is 0 Å². The van der Waals surface area contributed by atoms with Crippen molar-refractivity contribution in [1.82, 2.24) is 10.2 Å². The van der Waals surface area contributed by atoms with Gasteiger partial charge in [-0.2, -0.15) is 5.10 Å². The van der Waals surface area contributed by atoms with Crippen LogP contribution in [-0.4, -0.2) is 37.2 Å². The number of carbonyl (C=O) groups is 1. The number of nitrogens with one attached hydrogen (secondary N) is 3. The molecule has 35 heavy (non-hydrogen) atoms. The van der Waals surface area contributed by atoms with Crippen LogP contribution >= 0.6 is 0 Å². The van der Waals surface area contributed by atoms with E-state index in [-0.39, 0.29) is 17.3 Å². The minimum absolute atomic E-state index is 0.224. The molecule has 2 heterocycles. The van der Waals surface area contributed by atoms with Crippen LogP contribution in [0.4, 0.5) is 15.9 Å². The van der Waals surface area contributed by atoms with Crippen molar-refractivity contribution in [2.24, 2.45) is 0 Å². The molecule has 1 amide bonds. The molecule has 0 radical (unpaired) electrons. The molecule has 3 N–H and O–H groups in total. The molecule has 3 aromatic carbocycles. The van der Waals surface area contributed by atoms with Crippen LogP contribution in [-0.2, 0) is 14.8 Å². The molecule has 0 saturated carbocycles. The number of rotatable bonds is 5. The number of hydrogen-bond acceptors (Lipinski definition) is 6. The zero-order valence-electron chi connectivity index (χ0n) is 19.0. The molecule has 0 atom stereocenters. The van der Waals surface area contributed by atoms with Crippen LogP contribution < -0.4 is 19.5 Å². The summed E-state index contributed by atoms with van der Waals surface area (Å²) in [5.74, 6) is -0.0910. The molecule has 0 aliphatic carbocycles. The van der Waals surface area contributed by atoms with E-state index in [9.17, 15) is 17.6 Å². The molecule has 4 aromatic rings. The van der Waals surface area contributed by atoms with Gasteiger partial charge < -0.3 is 14.8 Å². The zero-order chi connectivity index (χ0) is 25.0. The van der Waals surface area contributed by atoms with Gasteiger partial charge in [0, 0.05) is 11.8 Å². The Bertz CT molecular complexity index is 1580. The zero-order valence-corrected chi connectivity index (χ0v) is 19.8. The average Bonchev–Trinajstić information content (AvgIpc) is 3.18. The van der Waals surface area contributed by atoms with Crippen molar-refractivity contribution in [3.8, 4) is 22.6 Å². The van der Waals surface area contributed by atoms with E-state index < -0.39 is 26.3 Å². The van der Waals surface area contributed by atoms with Gasteiger partial charge in [0.25, 0.3) is 15.9 Å². The van der Waals surface area contributed by atoms with Gasteiger partial charge in [0.05, 0.1) is 18.0 Å². The lowest BCUT2D eigenvalue weighted by Crippen LogP contribution is -2.41. The molecule has 0 unspecified atom stereocenters. The SMILES string of the molecule is COc1ccc(F)c(S(=O)(=O)Nc2ccc(-c3cc4c5c(n[nH]c5c3)NC(=O)C(C)(C)O4)cc2)c1. The number of ether oxygens (including phenoxy) is 2. The molecule has 0 saturated heterocycles. The summed E-state index contributed by atoms with van der Waals surface area (Å²) in [5, 5.41) is 10.5. The summed E-state index contributed by atoms with van der Waals surface area (Å²) in [6, 6.07) is 13.7. The molecule has 5 rings (SSSR count). The number of H-pyrrole nitrogens is 1. The Balaban J connectivity index is 1.46. The number of amides is 1. The summed E-state index contributed by atoms with van der Waals surface area (Å²) >= 11 is 0. The van der Waals surface area contributed by atoms with Gasteiger partial charge in [-0.3, -0.25) is 14.6 Å². The van der Waals surface area contributed by atoms with Crippen LogP contribution in [0.2, 0.25) is 0 Å². The van der Waals surface area contributed by atoms with Gasteiger partial charge in [0.1, 0.15) is 22.2 Å². The lowest BCUT2D eigenvalue weighted by molar-refractivity contribution is -0.128. The smallest absolute Gasteiger partial charge is 0.269 e. The molecular weight excluding hydrogens is 475 g/mol. The Morgan fingerprint density at radius 1 is 1.06 bits per heavy atom. The molecule has 1 aliphatic rings. The van der Waals surface area contributed by atoms with Crippen molar-refractivity contribution in [1.29, 1.82) is 0 Å². The minimum atomic E-state index is -4.18. The molecule has 0 fully saturated rings. The van der Waals surface area contributed by atoms with Crippen LogP contribution in [0, 0.1) is 5.82 Å². The lowest BCUT2D eigenvalue weighted by atomic mass is 10.0. The highest BCUT2D eigenvalue weighted by Crippen LogP contribution is 2.40. The molecule has 9 nitrogen and oxygen atoms in total. The highest BCUT2D eigenvalue weighted by molar-refractivity contribution is 7.92. The predicted octanol–water partition coefficient (Wildman–Crippen LogP) is 4.29. The van der Waals surface area contributed by atoms with E-state index in [4.69, 9.17) is 9.47 Å². The van der Waals surface area contributed by atoms with Gasteiger partial charge in [-0.1, -0.05) is 12.1 Å². The number of benzene rings is 3. The topological polar surface area (TPSA) is 122 Å². The number of aromatic amines is 1. The number of aromatic nitrogens is 2. The number of hydrogen-bond donors (Lipinski definition) is 3. The van der Waals surface area contributed by atoms with Crippen LogP contribution in [0.5, 0.6) is 11.5 Å². The summed E-state index contributed by atoms with van der Waals surface area (Å²) in [4.78, 5) is 11.9. The largest absolute Gasteiger partial charge is 0.497 e. The van der Waals surface area contributed by atoms with Crippen molar-refractivity contribution in [3.63, 3.8) is 0 Å². The van der Waals surface area contributed by atoms with Crippen LogP contribution in [0.25, 0.3) is 22.0 Å². The first kappa shape index (κ1) is 22.7. The maximum atomic E-state index is 14.2. The molecule has 180 valence electrons. The van der Waals surface area contributed by atoms with Gasteiger partial charge >= 0.3 is 0 Å². The normalized spacial score (nSPS) is 14.7. The summed E-state index contributed by atoms with van der Waals surface area (Å²) in [5.41, 5.74) is 1.35. The fraction of sp³-hybridized carbons (Fsp3) is 0.167. The Kier molecular flexibility index (Phi) is 5.17. The quantitative estimate of drug-likeness (QED) is 0.379. The monoisotopic (exact) mass is 496 g/mol. The van der Waals surface area contributed by atoms with Gasteiger partial charge in [-0.05, 0) is 61.4 Å². The van der Waals surface area contributed by atoms with E-state index in [0.29, 0.717) is 22.5 Å². The van der Waals surface area contributed by atoms with Crippen LogP contribution in [0.3, 0.4) is 0 Å². The Labute approximate surface area is 200 Å². The Morgan fingerprint density at radius 3 is 2.51 bits per heavy atom. The maximum Gasteiger partial charge on any atom is 0.269 e. The maximum absolute atomic E-state index is 14.2. The summed E-state index contributed by atoms with van der Waals surface area (Å²) in [6.45, 7) is 3.34. The minimum Gasteiger partial charge on any atom is -0.497 e. The van der Waals surface area contributed by atoms with E-state index in [2.05, 4.69) is 20.2 Å². The first-order valence-corrected chi connectivity index (χ1v) is 12.0. The van der Waals surface area contributed by atoms with Gasteiger partial charge in [0.2, 0.25) is 0 Å². The van der Waals surface area contributed by atoms with E-state index >= 15 is 0 Å². The van der Waals surface area contributed by atoms with Gasteiger partial charge in [-0.25, -0.2) is 12.8 Å². The number of methoxy groups -OCH3 is 1. The Hall–Kier alpha value is -4.12. The van der Waals surface area contributed by atoms with Crippen molar-refractivity contribution in [2.75, 3.05) is 17.1 Å². The van der Waals surface area contributed by atoms with Crippen LogP contribution in [0.1, 0.15) is 13.8 Å². The van der Waals surface area contributed by atoms with Crippen molar-refractivity contribution >= 4 is 38.3 Å². The standard InChI is InChI=1S/C24H21FN4O5S/c1-24(2)23(30)26-22-21-18(27-28-22)10-14(11-19(21)34-24)13-4-6-15(7-5-13)29-35(31,32)20-12-16(33-3)8-9-17(20)25/h4-12,29H,1-3H3,(H2,26,27,28,30). The fourth-order valence-electron chi connectivity index (χ4n) is 3.79. The Morgan fingerprint density at radius 2 is 1.80 bits per heavy atom. The van der Waals surface area contributed by atoms with Crippen LogP contribution in [0.15, 0.2) is 59.5 Å². The number of sulfonamides is 1. The first-order chi connectivity index (χ1) is 16.6. The highest BCUT2D eigenvalue weighted by Gasteiger charge is 2.35. The number of carbonyl (C=O) groups excluding carboxylic acids is 1. The lowest BCUT2D eigenvalue weighted by Gasteiger charge is -2.22. The third-order valence-electron chi connectivity index (χ3n) is 5.67. The third kappa shape index (κ3) is 4.03. The van der Waals surface area contributed by atoms with E-state index in [0.717, 1.165) is 23.3 Å². The predicted molar refractivity (Wildman–Crippen MR) is 129 cm³/mol. The van der Waals surface area contributed by atoms with E-state index in [1.165, 1.54) is 13.2 Å². The van der Waals surface area contributed by atoms with Gasteiger partial charge in [0.15, 0.2) is 11.4 Å². The second kappa shape index (κ2) is 7.98. The molecule has 0 bridgehead atoms.